The molecule has 24 heavy (non-hydrogen) atoms. The average Bonchev–Trinajstić information content (AvgIpc) is 2.58. The number of halogens is 4. The van der Waals surface area contributed by atoms with Gasteiger partial charge >= 0.3 is 5.97 Å². The van der Waals surface area contributed by atoms with E-state index in [9.17, 15) is 22.4 Å². The summed E-state index contributed by atoms with van der Waals surface area (Å²) in [5.41, 5.74) is -0.463. The highest BCUT2D eigenvalue weighted by molar-refractivity contribution is 5.70. The van der Waals surface area contributed by atoms with E-state index in [4.69, 9.17) is 4.74 Å². The highest BCUT2D eigenvalue weighted by Gasteiger charge is 2.20. The van der Waals surface area contributed by atoms with Gasteiger partial charge in [0.1, 0.15) is 11.4 Å². The number of hydrogen-bond donors (Lipinski definition) is 1. The fourth-order valence-corrected chi connectivity index (χ4v) is 1.78. The van der Waals surface area contributed by atoms with Crippen molar-refractivity contribution in [2.45, 2.75) is 6.54 Å². The van der Waals surface area contributed by atoms with Gasteiger partial charge in [0.2, 0.25) is 11.6 Å². The van der Waals surface area contributed by atoms with Crippen LogP contribution in [0.3, 0.4) is 0 Å². The lowest BCUT2D eigenvalue weighted by molar-refractivity contribution is -0.142. The molecule has 128 valence electrons. The van der Waals surface area contributed by atoms with Crippen molar-refractivity contribution in [1.29, 1.82) is 0 Å². The summed E-state index contributed by atoms with van der Waals surface area (Å²) in [6.07, 6.45) is 0. The van der Waals surface area contributed by atoms with Crippen LogP contribution in [0.4, 0.5) is 23.2 Å². The molecule has 0 aliphatic heterocycles. The van der Waals surface area contributed by atoms with Gasteiger partial charge in [-0.3, -0.25) is 0 Å². The topological polar surface area (TPSA) is 60.5 Å². The quantitative estimate of drug-likeness (QED) is 0.496. The number of aromatic nitrogens is 1. The van der Waals surface area contributed by atoms with E-state index in [1.54, 1.807) is 18.2 Å². The molecule has 0 aliphatic rings. The molecule has 2 aromatic rings. The Hall–Kier alpha value is -2.84. The van der Waals surface area contributed by atoms with E-state index in [-0.39, 0.29) is 13.2 Å². The summed E-state index contributed by atoms with van der Waals surface area (Å²) >= 11 is 0. The van der Waals surface area contributed by atoms with Gasteiger partial charge in [0.05, 0.1) is 7.11 Å². The first-order valence-electron chi connectivity index (χ1n) is 6.64. The molecule has 0 bridgehead atoms. The maximum Gasteiger partial charge on any atom is 0.343 e. The van der Waals surface area contributed by atoms with Crippen LogP contribution in [-0.4, -0.2) is 24.7 Å². The van der Waals surface area contributed by atoms with E-state index in [0.717, 1.165) is 0 Å². The van der Waals surface area contributed by atoms with Gasteiger partial charge in [-0.25, -0.2) is 4.79 Å². The van der Waals surface area contributed by atoms with Crippen molar-refractivity contribution in [2.75, 3.05) is 19.0 Å². The first-order valence-corrected chi connectivity index (χ1v) is 6.64. The predicted octanol–water partition coefficient (Wildman–Crippen LogP) is 2.80. The molecule has 1 N–H and O–H groups in total. The number of hydrogen-bond acceptors (Lipinski definition) is 5. The number of carbonyl (C=O) groups excluding carboxylic acids is 1. The molecule has 1 aromatic heterocycles. The summed E-state index contributed by atoms with van der Waals surface area (Å²) in [5.74, 6) is -6.99. The van der Waals surface area contributed by atoms with E-state index in [0.29, 0.717) is 11.3 Å². The minimum Gasteiger partial charge on any atom is -0.482 e. The highest BCUT2D eigenvalue weighted by Crippen LogP contribution is 2.23. The molecule has 0 saturated carbocycles. The van der Waals surface area contributed by atoms with Crippen LogP contribution < -0.4 is 10.1 Å². The predicted molar refractivity (Wildman–Crippen MR) is 75.3 cm³/mol. The lowest BCUT2D eigenvalue weighted by Crippen LogP contribution is -2.13. The number of esters is 1. The van der Waals surface area contributed by atoms with E-state index in [2.05, 4.69) is 15.0 Å². The summed E-state index contributed by atoms with van der Waals surface area (Å²) in [7, 11) is 1.21. The van der Waals surface area contributed by atoms with Crippen LogP contribution in [0.2, 0.25) is 0 Å². The number of rotatable bonds is 6. The van der Waals surface area contributed by atoms with E-state index >= 15 is 0 Å². The number of nitrogens with one attached hydrogen (secondary N) is 1. The minimum absolute atomic E-state index is 0.147. The monoisotopic (exact) mass is 344 g/mol. The first kappa shape index (κ1) is 17.5. The van der Waals surface area contributed by atoms with Gasteiger partial charge in [-0.1, -0.05) is 12.1 Å². The Balaban J connectivity index is 2.09. The lowest BCUT2D eigenvalue weighted by Gasteiger charge is -2.11. The zero-order valence-corrected chi connectivity index (χ0v) is 12.4. The van der Waals surface area contributed by atoms with Crippen LogP contribution >= 0.6 is 0 Å². The molecule has 0 aliphatic carbocycles. The van der Waals surface area contributed by atoms with Gasteiger partial charge in [0, 0.05) is 6.54 Å². The van der Waals surface area contributed by atoms with Gasteiger partial charge in [0.15, 0.2) is 6.61 Å². The Morgan fingerprint density at radius 1 is 1.17 bits per heavy atom. The summed E-state index contributed by atoms with van der Waals surface area (Å²) < 4.78 is 62.6. The highest BCUT2D eigenvalue weighted by atomic mass is 19.2. The second kappa shape index (κ2) is 7.62. The zero-order chi connectivity index (χ0) is 17.7. The van der Waals surface area contributed by atoms with Gasteiger partial charge in [-0.15, -0.1) is 0 Å². The largest absolute Gasteiger partial charge is 0.482 e. The molecule has 0 spiro atoms. The van der Waals surface area contributed by atoms with Crippen molar-refractivity contribution in [3.8, 4) is 5.75 Å². The third kappa shape index (κ3) is 4.12. The molecular weight excluding hydrogens is 332 g/mol. The zero-order valence-electron chi connectivity index (χ0n) is 12.4. The summed E-state index contributed by atoms with van der Waals surface area (Å²) in [4.78, 5) is 13.5. The summed E-state index contributed by atoms with van der Waals surface area (Å²) in [6.45, 7) is -0.455. The maximum atomic E-state index is 13.5. The Morgan fingerprint density at radius 3 is 2.46 bits per heavy atom. The first-order chi connectivity index (χ1) is 11.4. The van der Waals surface area contributed by atoms with Gasteiger partial charge in [0.25, 0.3) is 11.9 Å². The standard InChI is InChI=1S/C15H12F4N2O3/c1-23-10(22)7-24-9-4-2-3-8(5-9)6-20-13-11(16)14(18)21-15(19)12(13)17/h2-5H,6-7H2,1H3,(H,20,21). The Morgan fingerprint density at radius 2 is 1.83 bits per heavy atom. The fraction of sp³-hybridized carbons (Fsp3) is 0.200. The van der Waals surface area contributed by atoms with E-state index in [1.165, 1.54) is 13.2 Å². The molecule has 1 aromatic carbocycles. The molecule has 0 amide bonds. The molecule has 0 saturated heterocycles. The number of ether oxygens (including phenoxy) is 2. The molecule has 5 nitrogen and oxygen atoms in total. The average molecular weight is 344 g/mol. The molecular formula is C15H12F4N2O3. The number of pyridine rings is 1. The molecule has 9 heteroatoms. The fourth-order valence-electron chi connectivity index (χ4n) is 1.78. The van der Waals surface area contributed by atoms with Crippen molar-refractivity contribution in [3.63, 3.8) is 0 Å². The van der Waals surface area contributed by atoms with Crippen LogP contribution in [0.25, 0.3) is 0 Å². The van der Waals surface area contributed by atoms with Crippen molar-refractivity contribution in [1.82, 2.24) is 4.98 Å². The molecule has 0 fully saturated rings. The number of methoxy groups -OCH3 is 1. The number of benzene rings is 1. The van der Waals surface area contributed by atoms with E-state index < -0.39 is 35.2 Å². The smallest absolute Gasteiger partial charge is 0.343 e. The van der Waals surface area contributed by atoms with Crippen LogP contribution in [-0.2, 0) is 16.1 Å². The maximum absolute atomic E-state index is 13.5. The third-order valence-electron chi connectivity index (χ3n) is 2.95. The van der Waals surface area contributed by atoms with Gasteiger partial charge in [-0.05, 0) is 17.7 Å². The van der Waals surface area contributed by atoms with Crippen LogP contribution in [0.1, 0.15) is 5.56 Å². The summed E-state index contributed by atoms with van der Waals surface area (Å²) in [6, 6.07) is 6.20. The lowest BCUT2D eigenvalue weighted by atomic mass is 10.2. The van der Waals surface area contributed by atoms with Crippen molar-refractivity contribution >= 4 is 11.7 Å². The summed E-state index contributed by atoms with van der Waals surface area (Å²) in [5, 5.41) is 2.27. The van der Waals surface area contributed by atoms with Gasteiger partial charge < -0.3 is 14.8 Å². The Kier molecular flexibility index (Phi) is 5.56. The van der Waals surface area contributed by atoms with Crippen molar-refractivity contribution < 1.29 is 31.8 Å². The number of carbonyl (C=O) groups is 1. The second-order valence-corrected chi connectivity index (χ2v) is 4.56. The van der Waals surface area contributed by atoms with Crippen molar-refractivity contribution in [2.24, 2.45) is 0 Å². The Labute approximate surface area is 134 Å². The number of anilines is 1. The molecule has 2 rings (SSSR count). The normalized spacial score (nSPS) is 10.4. The van der Waals surface area contributed by atoms with Gasteiger partial charge in [-0.2, -0.15) is 22.5 Å². The van der Waals surface area contributed by atoms with Crippen molar-refractivity contribution in [3.05, 3.63) is 53.4 Å². The molecule has 0 radical (unpaired) electrons. The van der Waals surface area contributed by atoms with Crippen LogP contribution in [0.15, 0.2) is 24.3 Å². The SMILES string of the molecule is COC(=O)COc1cccc(CNc2c(F)c(F)nc(F)c2F)c1. The second-order valence-electron chi connectivity index (χ2n) is 4.56. The molecule has 0 unspecified atom stereocenters. The van der Waals surface area contributed by atoms with Crippen LogP contribution in [0, 0.1) is 23.5 Å². The molecule has 0 atom stereocenters. The number of nitrogens with zero attached hydrogens (tertiary/aromatic N) is 1. The van der Waals surface area contributed by atoms with Crippen LogP contribution in [0.5, 0.6) is 5.75 Å². The third-order valence-corrected chi connectivity index (χ3v) is 2.95. The Bertz CT molecular complexity index is 729. The minimum atomic E-state index is -1.74. The molecule has 1 heterocycles. The van der Waals surface area contributed by atoms with E-state index in [1.807, 2.05) is 0 Å².